The summed E-state index contributed by atoms with van der Waals surface area (Å²) < 4.78 is 24.4. The van der Waals surface area contributed by atoms with Crippen LogP contribution in [0.15, 0.2) is 29.7 Å². The van der Waals surface area contributed by atoms with Crippen molar-refractivity contribution < 1.29 is 8.42 Å². The molecule has 0 aliphatic carbocycles. The standard InChI is InChI=1S/C7H8N4O2S/c1-6-2-10-11(5-6)14(12,13)7-3-8-9-4-7/h2-5H,1H3,(H,8,9). The zero-order valence-corrected chi connectivity index (χ0v) is 8.19. The lowest BCUT2D eigenvalue weighted by Gasteiger charge is -1.98. The molecule has 0 aliphatic rings. The van der Waals surface area contributed by atoms with E-state index in [0.29, 0.717) is 0 Å². The van der Waals surface area contributed by atoms with Crippen molar-refractivity contribution in [3.05, 3.63) is 30.4 Å². The van der Waals surface area contributed by atoms with E-state index < -0.39 is 10.0 Å². The molecule has 0 amide bonds. The third-order valence-electron chi connectivity index (χ3n) is 1.71. The van der Waals surface area contributed by atoms with Gasteiger partial charge in [0.05, 0.1) is 12.4 Å². The van der Waals surface area contributed by atoms with Gasteiger partial charge < -0.3 is 0 Å². The molecule has 6 nitrogen and oxygen atoms in total. The Labute approximate surface area is 80.6 Å². The number of aryl methyl sites for hydroxylation is 1. The fourth-order valence-electron chi connectivity index (χ4n) is 1.01. The second-order valence-electron chi connectivity index (χ2n) is 2.83. The van der Waals surface area contributed by atoms with Crippen LogP contribution in [0.4, 0.5) is 0 Å². The number of hydrogen-bond donors (Lipinski definition) is 1. The molecule has 0 radical (unpaired) electrons. The van der Waals surface area contributed by atoms with E-state index >= 15 is 0 Å². The maximum absolute atomic E-state index is 11.7. The normalized spacial score (nSPS) is 11.8. The first-order chi connectivity index (χ1) is 6.60. The quantitative estimate of drug-likeness (QED) is 0.768. The Hall–Kier alpha value is -1.63. The highest BCUT2D eigenvalue weighted by Crippen LogP contribution is 2.10. The molecule has 7 heteroatoms. The van der Waals surface area contributed by atoms with Crippen LogP contribution in [0.25, 0.3) is 0 Å². The number of hydrogen-bond acceptors (Lipinski definition) is 4. The summed E-state index contributed by atoms with van der Waals surface area (Å²) in [6.07, 6.45) is 5.48. The zero-order valence-electron chi connectivity index (χ0n) is 7.38. The van der Waals surface area contributed by atoms with E-state index in [1.807, 2.05) is 0 Å². The predicted molar refractivity (Wildman–Crippen MR) is 48.1 cm³/mol. The van der Waals surface area contributed by atoms with E-state index in [2.05, 4.69) is 15.3 Å². The van der Waals surface area contributed by atoms with Gasteiger partial charge in [0.15, 0.2) is 0 Å². The first-order valence-corrected chi connectivity index (χ1v) is 5.30. The molecule has 0 unspecified atom stereocenters. The summed E-state index contributed by atoms with van der Waals surface area (Å²) in [5, 5.41) is 9.75. The Balaban J connectivity index is 2.54. The highest BCUT2D eigenvalue weighted by atomic mass is 32.2. The van der Waals surface area contributed by atoms with Crippen molar-refractivity contribution in [2.24, 2.45) is 0 Å². The van der Waals surface area contributed by atoms with Crippen molar-refractivity contribution in [1.29, 1.82) is 0 Å². The van der Waals surface area contributed by atoms with Crippen LogP contribution in [0.1, 0.15) is 5.56 Å². The molecule has 2 aromatic rings. The molecule has 0 spiro atoms. The minimum Gasteiger partial charge on any atom is -0.284 e. The number of nitrogens with one attached hydrogen (secondary N) is 1. The van der Waals surface area contributed by atoms with Crippen LogP contribution in [-0.2, 0) is 10.0 Å². The first kappa shape index (κ1) is 8.95. The third kappa shape index (κ3) is 1.31. The molecular weight excluding hydrogens is 204 g/mol. The molecule has 0 fully saturated rings. The number of aromatic nitrogens is 4. The molecule has 1 N–H and O–H groups in total. The summed E-state index contributed by atoms with van der Waals surface area (Å²) in [6.45, 7) is 1.77. The topological polar surface area (TPSA) is 80.6 Å². The van der Waals surface area contributed by atoms with Crippen molar-refractivity contribution >= 4 is 10.0 Å². The molecule has 0 aliphatic heterocycles. The average molecular weight is 212 g/mol. The monoisotopic (exact) mass is 212 g/mol. The molecule has 0 aromatic carbocycles. The number of aromatic amines is 1. The molecule has 74 valence electrons. The van der Waals surface area contributed by atoms with Crippen LogP contribution in [0.5, 0.6) is 0 Å². The van der Waals surface area contributed by atoms with Crippen molar-refractivity contribution in [3.63, 3.8) is 0 Å². The maximum atomic E-state index is 11.7. The van der Waals surface area contributed by atoms with Gasteiger partial charge in [0, 0.05) is 12.4 Å². The van der Waals surface area contributed by atoms with E-state index in [9.17, 15) is 8.42 Å². The van der Waals surface area contributed by atoms with Gasteiger partial charge in [-0.25, -0.2) is 0 Å². The Morgan fingerprint density at radius 2 is 2.21 bits per heavy atom. The van der Waals surface area contributed by atoms with Gasteiger partial charge in [0.1, 0.15) is 4.90 Å². The minimum absolute atomic E-state index is 0.0978. The van der Waals surface area contributed by atoms with Crippen molar-refractivity contribution in [3.8, 4) is 0 Å². The Morgan fingerprint density at radius 1 is 1.43 bits per heavy atom. The number of rotatable bonds is 2. The second kappa shape index (κ2) is 2.95. The molecule has 0 atom stereocenters. The van der Waals surface area contributed by atoms with Gasteiger partial charge in [-0.05, 0) is 12.5 Å². The third-order valence-corrected chi connectivity index (χ3v) is 3.22. The largest absolute Gasteiger partial charge is 0.286 e. The molecule has 0 saturated heterocycles. The van der Waals surface area contributed by atoms with Crippen LogP contribution in [0, 0.1) is 6.92 Å². The summed E-state index contributed by atoms with van der Waals surface area (Å²) in [7, 11) is -3.56. The molecule has 14 heavy (non-hydrogen) atoms. The van der Waals surface area contributed by atoms with Crippen LogP contribution < -0.4 is 0 Å². The Morgan fingerprint density at radius 3 is 2.71 bits per heavy atom. The fourth-order valence-corrected chi connectivity index (χ4v) is 2.09. The lowest BCUT2D eigenvalue weighted by Crippen LogP contribution is -2.12. The van der Waals surface area contributed by atoms with Gasteiger partial charge in [-0.15, -0.1) is 0 Å². The summed E-state index contributed by atoms with van der Waals surface area (Å²) in [6, 6.07) is 0. The Bertz CT molecular complexity index is 526. The van der Waals surface area contributed by atoms with Crippen LogP contribution in [-0.4, -0.2) is 27.8 Å². The van der Waals surface area contributed by atoms with Gasteiger partial charge >= 0.3 is 0 Å². The lowest BCUT2D eigenvalue weighted by atomic mass is 10.4. The van der Waals surface area contributed by atoms with Crippen molar-refractivity contribution in [1.82, 2.24) is 19.4 Å². The molecular formula is C7H8N4O2S. The van der Waals surface area contributed by atoms with Crippen LogP contribution in [0.3, 0.4) is 0 Å². The number of H-pyrrole nitrogens is 1. The highest BCUT2D eigenvalue weighted by Gasteiger charge is 2.18. The first-order valence-electron chi connectivity index (χ1n) is 3.86. The lowest BCUT2D eigenvalue weighted by molar-refractivity contribution is 0.580. The summed E-state index contributed by atoms with van der Waals surface area (Å²) in [4.78, 5) is 0.0978. The average Bonchev–Trinajstić information content (AvgIpc) is 2.72. The van der Waals surface area contributed by atoms with E-state index in [4.69, 9.17) is 0 Å². The maximum Gasteiger partial charge on any atom is 0.286 e. The van der Waals surface area contributed by atoms with Gasteiger partial charge in [0.25, 0.3) is 10.0 Å². The van der Waals surface area contributed by atoms with Crippen molar-refractivity contribution in [2.75, 3.05) is 0 Å². The van der Waals surface area contributed by atoms with Gasteiger partial charge in [-0.1, -0.05) is 0 Å². The SMILES string of the molecule is Cc1cnn(S(=O)(=O)c2cn[nH]c2)c1. The molecule has 2 rings (SSSR count). The number of nitrogens with zero attached hydrogens (tertiary/aromatic N) is 3. The molecule has 2 aromatic heterocycles. The van der Waals surface area contributed by atoms with E-state index in [0.717, 1.165) is 9.65 Å². The molecule has 0 bridgehead atoms. The Kier molecular flexibility index (Phi) is 1.88. The second-order valence-corrected chi connectivity index (χ2v) is 4.62. The van der Waals surface area contributed by atoms with Gasteiger partial charge in [-0.2, -0.15) is 22.7 Å². The van der Waals surface area contributed by atoms with E-state index in [1.165, 1.54) is 24.8 Å². The smallest absolute Gasteiger partial charge is 0.284 e. The van der Waals surface area contributed by atoms with Gasteiger partial charge in [0.2, 0.25) is 0 Å². The fraction of sp³-hybridized carbons (Fsp3) is 0.143. The summed E-state index contributed by atoms with van der Waals surface area (Å²) >= 11 is 0. The summed E-state index contributed by atoms with van der Waals surface area (Å²) in [5.41, 5.74) is 0.789. The zero-order chi connectivity index (χ0) is 10.2. The minimum atomic E-state index is -3.56. The summed E-state index contributed by atoms with van der Waals surface area (Å²) in [5.74, 6) is 0. The van der Waals surface area contributed by atoms with Crippen molar-refractivity contribution in [2.45, 2.75) is 11.8 Å². The molecule has 2 heterocycles. The van der Waals surface area contributed by atoms with Crippen LogP contribution >= 0.6 is 0 Å². The van der Waals surface area contributed by atoms with E-state index in [-0.39, 0.29) is 4.90 Å². The van der Waals surface area contributed by atoms with Gasteiger partial charge in [-0.3, -0.25) is 5.10 Å². The highest BCUT2D eigenvalue weighted by molar-refractivity contribution is 7.89. The van der Waals surface area contributed by atoms with Crippen LogP contribution in [0.2, 0.25) is 0 Å². The van der Waals surface area contributed by atoms with E-state index in [1.54, 1.807) is 6.92 Å². The predicted octanol–water partition coefficient (Wildman–Crippen LogP) is 0.152. The molecule has 0 saturated carbocycles.